The smallest absolute Gasteiger partial charge is 0.374 e. The fraction of sp³-hybridized carbons (Fsp3) is 0.154. The van der Waals surface area contributed by atoms with Gasteiger partial charge in [-0.25, -0.2) is 4.79 Å². The molecular weight excluding hydrogens is 319 g/mol. The van der Waals surface area contributed by atoms with E-state index in [4.69, 9.17) is 28.3 Å². The third kappa shape index (κ3) is 3.53. The maximum atomic E-state index is 11.9. The second kappa shape index (κ2) is 6.15. The second-order valence-corrected chi connectivity index (χ2v) is 5.09. The van der Waals surface area contributed by atoms with Gasteiger partial charge < -0.3 is 14.9 Å². The lowest BCUT2D eigenvalue weighted by Crippen LogP contribution is -2.27. The molecule has 1 aromatic heterocycles. The van der Waals surface area contributed by atoms with Crippen LogP contribution in [0.1, 0.15) is 39.6 Å². The van der Waals surface area contributed by atoms with E-state index in [2.05, 4.69) is 15.0 Å². The number of rotatable bonds is 4. The number of carbonyl (C=O) groups is 2. The topological polar surface area (TPSA) is 92.4 Å². The molecule has 1 unspecified atom stereocenters. The molecule has 0 saturated carbocycles. The van der Waals surface area contributed by atoms with Gasteiger partial charge in [-0.3, -0.25) is 4.79 Å². The molecule has 0 aliphatic rings. The summed E-state index contributed by atoms with van der Waals surface area (Å²) in [7, 11) is 0. The molecule has 1 aromatic carbocycles. The first-order chi connectivity index (χ1) is 9.88. The van der Waals surface area contributed by atoms with Gasteiger partial charge in [0.05, 0.1) is 6.04 Å². The summed E-state index contributed by atoms with van der Waals surface area (Å²) >= 11 is 11.9. The predicted molar refractivity (Wildman–Crippen MR) is 75.8 cm³/mol. The van der Waals surface area contributed by atoms with Gasteiger partial charge in [-0.1, -0.05) is 34.4 Å². The molecule has 0 fully saturated rings. The Hall–Kier alpha value is -2.05. The quantitative estimate of drug-likeness (QED) is 0.899. The van der Waals surface area contributed by atoms with Crippen molar-refractivity contribution in [2.75, 3.05) is 0 Å². The van der Waals surface area contributed by atoms with Gasteiger partial charge in [-0.2, -0.15) is 0 Å². The van der Waals surface area contributed by atoms with Crippen LogP contribution in [-0.2, 0) is 0 Å². The first-order valence-corrected chi connectivity index (χ1v) is 6.60. The highest BCUT2D eigenvalue weighted by Gasteiger charge is 2.19. The van der Waals surface area contributed by atoms with Crippen LogP contribution in [0.5, 0.6) is 0 Å². The van der Waals surface area contributed by atoms with Crippen molar-refractivity contribution in [3.63, 3.8) is 0 Å². The summed E-state index contributed by atoms with van der Waals surface area (Å²) in [4.78, 5) is 22.6. The van der Waals surface area contributed by atoms with Crippen molar-refractivity contribution >= 4 is 35.1 Å². The lowest BCUT2D eigenvalue weighted by atomic mass is 10.1. The van der Waals surface area contributed by atoms with Gasteiger partial charge in [0.15, 0.2) is 5.69 Å². The molecule has 110 valence electrons. The van der Waals surface area contributed by atoms with Gasteiger partial charge in [-0.05, 0) is 24.6 Å². The number of nitrogens with zero attached hydrogens (tertiary/aromatic N) is 1. The van der Waals surface area contributed by atoms with Crippen molar-refractivity contribution in [1.82, 2.24) is 10.5 Å². The SMILES string of the molecule is CC(NC(=O)c1cc(C(=O)O)on1)c1ccc(Cl)cc1Cl. The normalized spacial score (nSPS) is 12.0. The number of amides is 1. The van der Waals surface area contributed by atoms with Gasteiger partial charge in [0.1, 0.15) is 0 Å². The Morgan fingerprint density at radius 3 is 2.62 bits per heavy atom. The van der Waals surface area contributed by atoms with Crippen LogP contribution >= 0.6 is 23.2 Å². The molecule has 21 heavy (non-hydrogen) atoms. The molecule has 0 aliphatic carbocycles. The molecule has 0 bridgehead atoms. The largest absolute Gasteiger partial charge is 0.475 e. The molecule has 1 atom stereocenters. The summed E-state index contributed by atoms with van der Waals surface area (Å²) < 4.78 is 4.52. The summed E-state index contributed by atoms with van der Waals surface area (Å²) in [5.41, 5.74) is 0.556. The van der Waals surface area contributed by atoms with Gasteiger partial charge in [0, 0.05) is 16.1 Å². The number of hydrogen-bond donors (Lipinski definition) is 2. The molecule has 2 N–H and O–H groups in total. The molecule has 0 spiro atoms. The lowest BCUT2D eigenvalue weighted by Gasteiger charge is -2.15. The Balaban J connectivity index is 2.12. The number of carbonyl (C=O) groups excluding carboxylic acids is 1. The minimum atomic E-state index is -1.30. The molecule has 8 heteroatoms. The number of aromatic carboxylic acids is 1. The number of aromatic nitrogens is 1. The van der Waals surface area contributed by atoms with Crippen molar-refractivity contribution in [2.45, 2.75) is 13.0 Å². The van der Waals surface area contributed by atoms with Crippen LogP contribution in [0.4, 0.5) is 0 Å². The third-order valence-electron chi connectivity index (χ3n) is 2.73. The average molecular weight is 329 g/mol. The summed E-state index contributed by atoms with van der Waals surface area (Å²) in [6, 6.07) is 5.56. The maximum Gasteiger partial charge on any atom is 0.374 e. The second-order valence-electron chi connectivity index (χ2n) is 4.24. The van der Waals surface area contributed by atoms with Crippen molar-refractivity contribution < 1.29 is 19.2 Å². The summed E-state index contributed by atoms with van der Waals surface area (Å²) in [6.45, 7) is 1.73. The first kappa shape index (κ1) is 15.3. The van der Waals surface area contributed by atoms with E-state index >= 15 is 0 Å². The maximum absolute atomic E-state index is 11.9. The summed E-state index contributed by atoms with van der Waals surface area (Å²) in [5, 5.41) is 15.7. The van der Waals surface area contributed by atoms with Crippen LogP contribution in [0.25, 0.3) is 0 Å². The molecule has 0 aliphatic heterocycles. The summed E-state index contributed by atoms with van der Waals surface area (Å²) in [5.74, 6) is -2.27. The molecule has 6 nitrogen and oxygen atoms in total. The van der Waals surface area contributed by atoms with Gasteiger partial charge in [0.25, 0.3) is 5.91 Å². The number of nitrogens with one attached hydrogen (secondary N) is 1. The van der Waals surface area contributed by atoms with Crippen LogP contribution in [-0.4, -0.2) is 22.1 Å². The van der Waals surface area contributed by atoms with E-state index in [9.17, 15) is 9.59 Å². The zero-order chi connectivity index (χ0) is 15.6. The molecular formula is C13H10Cl2N2O4. The van der Waals surface area contributed by atoms with Crippen LogP contribution in [0.15, 0.2) is 28.8 Å². The third-order valence-corrected chi connectivity index (χ3v) is 3.29. The Labute approximate surface area is 129 Å². The van der Waals surface area contributed by atoms with Crippen molar-refractivity contribution in [3.8, 4) is 0 Å². The number of benzene rings is 1. The lowest BCUT2D eigenvalue weighted by molar-refractivity contribution is 0.0651. The van der Waals surface area contributed by atoms with Gasteiger partial charge in [-0.15, -0.1) is 0 Å². The van der Waals surface area contributed by atoms with Gasteiger partial charge in [0.2, 0.25) is 5.76 Å². The zero-order valence-electron chi connectivity index (χ0n) is 10.8. The summed E-state index contributed by atoms with van der Waals surface area (Å²) in [6.07, 6.45) is 0. The fourth-order valence-electron chi connectivity index (χ4n) is 1.68. The van der Waals surface area contributed by atoms with E-state index < -0.39 is 23.7 Å². The molecule has 0 radical (unpaired) electrons. The van der Waals surface area contributed by atoms with E-state index in [-0.39, 0.29) is 5.69 Å². The highest BCUT2D eigenvalue weighted by Crippen LogP contribution is 2.26. The molecule has 0 saturated heterocycles. The van der Waals surface area contributed by atoms with Crippen molar-refractivity contribution in [2.24, 2.45) is 0 Å². The van der Waals surface area contributed by atoms with Crippen LogP contribution in [0, 0.1) is 0 Å². The number of halogens is 2. The van der Waals surface area contributed by atoms with Crippen LogP contribution < -0.4 is 5.32 Å². The number of hydrogen-bond acceptors (Lipinski definition) is 4. The van der Waals surface area contributed by atoms with Crippen molar-refractivity contribution in [1.29, 1.82) is 0 Å². The molecule has 2 rings (SSSR count). The van der Waals surface area contributed by atoms with E-state index in [0.29, 0.717) is 15.6 Å². The molecule has 1 amide bonds. The first-order valence-electron chi connectivity index (χ1n) is 5.84. The van der Waals surface area contributed by atoms with E-state index in [0.717, 1.165) is 6.07 Å². The van der Waals surface area contributed by atoms with Gasteiger partial charge >= 0.3 is 5.97 Å². The van der Waals surface area contributed by atoms with E-state index in [1.54, 1.807) is 25.1 Å². The van der Waals surface area contributed by atoms with Crippen LogP contribution in [0.2, 0.25) is 10.0 Å². The van der Waals surface area contributed by atoms with Crippen molar-refractivity contribution in [3.05, 3.63) is 51.3 Å². The Morgan fingerprint density at radius 1 is 1.33 bits per heavy atom. The predicted octanol–water partition coefficient (Wildman–Crippen LogP) is 3.17. The molecule has 2 aromatic rings. The number of carboxylic acid groups (broad SMARTS) is 1. The fourth-order valence-corrected chi connectivity index (χ4v) is 2.26. The number of carboxylic acids is 1. The minimum absolute atomic E-state index is 0.121. The average Bonchev–Trinajstić information content (AvgIpc) is 2.88. The molecule has 1 heterocycles. The highest BCUT2D eigenvalue weighted by molar-refractivity contribution is 6.35. The zero-order valence-corrected chi connectivity index (χ0v) is 12.3. The minimum Gasteiger partial charge on any atom is -0.475 e. The van der Waals surface area contributed by atoms with E-state index in [1.165, 1.54) is 0 Å². The highest BCUT2D eigenvalue weighted by atomic mass is 35.5. The monoisotopic (exact) mass is 328 g/mol. The Bertz CT molecular complexity index is 699. The van der Waals surface area contributed by atoms with Crippen LogP contribution in [0.3, 0.4) is 0 Å². The Morgan fingerprint density at radius 2 is 2.05 bits per heavy atom. The Kier molecular flexibility index (Phi) is 4.50. The standard InChI is InChI=1S/C13H10Cl2N2O4/c1-6(8-3-2-7(14)4-9(8)15)16-12(18)10-5-11(13(19)20)21-17-10/h2-6H,1H3,(H,16,18)(H,19,20). The van der Waals surface area contributed by atoms with E-state index in [1.807, 2.05) is 0 Å².